The average Bonchev–Trinajstić information content (AvgIpc) is 2.97. The number of aromatic nitrogens is 2. The van der Waals surface area contributed by atoms with Crippen molar-refractivity contribution in [1.29, 1.82) is 0 Å². The van der Waals surface area contributed by atoms with E-state index >= 15 is 0 Å². The number of hydrogen-bond acceptors (Lipinski definition) is 2. The molecule has 2 fully saturated rings. The van der Waals surface area contributed by atoms with E-state index in [-0.39, 0.29) is 0 Å². The number of piperidine rings is 1. The van der Waals surface area contributed by atoms with Gasteiger partial charge in [-0.1, -0.05) is 32.6 Å². The van der Waals surface area contributed by atoms with Crippen molar-refractivity contribution in [3.8, 4) is 0 Å². The predicted molar refractivity (Wildman–Crippen MR) is 82.6 cm³/mol. The van der Waals surface area contributed by atoms with Gasteiger partial charge in [0.25, 0.3) is 0 Å². The van der Waals surface area contributed by atoms with Crippen LogP contribution in [-0.4, -0.2) is 16.1 Å². The number of nitrogens with one attached hydrogen (secondary N) is 1. The highest BCUT2D eigenvalue weighted by Gasteiger charge is 2.23. The molecule has 0 amide bonds. The van der Waals surface area contributed by atoms with Crippen molar-refractivity contribution in [1.82, 2.24) is 14.9 Å². The molecule has 2 aliphatic rings. The molecule has 3 rings (SSSR count). The molecular formula is C17H29N3. The van der Waals surface area contributed by atoms with E-state index in [1.165, 1.54) is 63.6 Å². The second kappa shape index (κ2) is 6.75. The van der Waals surface area contributed by atoms with Crippen LogP contribution in [0.3, 0.4) is 0 Å². The Kier molecular flexibility index (Phi) is 4.77. The number of nitrogens with zero attached hydrogens (tertiary/aromatic N) is 2. The highest BCUT2D eigenvalue weighted by molar-refractivity contribution is 5.06. The molecule has 1 aromatic heterocycles. The zero-order valence-corrected chi connectivity index (χ0v) is 12.9. The number of hydrogen-bond donors (Lipinski definition) is 1. The molecule has 1 saturated carbocycles. The molecule has 0 aromatic carbocycles. The van der Waals surface area contributed by atoms with Gasteiger partial charge in [-0.25, -0.2) is 4.98 Å². The van der Waals surface area contributed by atoms with Crippen molar-refractivity contribution in [2.45, 2.75) is 70.9 Å². The molecule has 1 aliphatic heterocycles. The first-order valence-corrected chi connectivity index (χ1v) is 8.60. The van der Waals surface area contributed by atoms with E-state index in [1.54, 1.807) is 0 Å². The molecule has 1 unspecified atom stereocenters. The Balaban J connectivity index is 1.59. The van der Waals surface area contributed by atoms with E-state index in [0.717, 1.165) is 18.4 Å². The fourth-order valence-corrected chi connectivity index (χ4v) is 3.98. The molecule has 20 heavy (non-hydrogen) atoms. The van der Waals surface area contributed by atoms with Crippen LogP contribution in [0.25, 0.3) is 0 Å². The molecule has 1 aromatic rings. The highest BCUT2D eigenvalue weighted by atomic mass is 15.1. The first kappa shape index (κ1) is 14.1. The molecule has 2 heterocycles. The van der Waals surface area contributed by atoms with Gasteiger partial charge in [-0.2, -0.15) is 0 Å². The minimum atomic E-state index is 0.540. The molecule has 3 heteroatoms. The molecule has 1 aliphatic carbocycles. The third kappa shape index (κ3) is 3.25. The van der Waals surface area contributed by atoms with E-state index in [9.17, 15) is 0 Å². The van der Waals surface area contributed by atoms with Gasteiger partial charge in [0.15, 0.2) is 0 Å². The molecule has 0 radical (unpaired) electrons. The van der Waals surface area contributed by atoms with E-state index in [1.807, 2.05) is 0 Å². The van der Waals surface area contributed by atoms with E-state index in [2.05, 4.69) is 34.3 Å². The van der Waals surface area contributed by atoms with Crippen LogP contribution >= 0.6 is 0 Å². The first-order chi connectivity index (χ1) is 9.86. The minimum Gasteiger partial charge on any atom is -0.333 e. The van der Waals surface area contributed by atoms with Crippen LogP contribution in [0.4, 0.5) is 0 Å². The molecule has 1 N–H and O–H groups in total. The molecule has 112 valence electrons. The van der Waals surface area contributed by atoms with Crippen LogP contribution in [-0.2, 0) is 6.54 Å². The zero-order chi connectivity index (χ0) is 13.8. The van der Waals surface area contributed by atoms with Gasteiger partial charge in [0.05, 0.1) is 12.0 Å². The summed E-state index contributed by atoms with van der Waals surface area (Å²) in [6, 6.07) is 0.540. The fourth-order valence-electron chi connectivity index (χ4n) is 3.98. The largest absolute Gasteiger partial charge is 0.333 e. The molecule has 1 atom stereocenters. The number of imidazole rings is 1. The van der Waals surface area contributed by atoms with E-state index in [0.29, 0.717) is 6.04 Å². The lowest BCUT2D eigenvalue weighted by molar-refractivity contribution is 0.243. The summed E-state index contributed by atoms with van der Waals surface area (Å²) in [5.41, 5.74) is 1.42. The summed E-state index contributed by atoms with van der Waals surface area (Å²) in [5.74, 6) is 1.86. The Morgan fingerprint density at radius 1 is 1.15 bits per heavy atom. The average molecular weight is 275 g/mol. The fraction of sp³-hybridized carbons (Fsp3) is 0.824. The van der Waals surface area contributed by atoms with Gasteiger partial charge in [0, 0.05) is 18.8 Å². The summed E-state index contributed by atoms with van der Waals surface area (Å²) in [6.07, 6.45) is 15.2. The lowest BCUT2D eigenvalue weighted by Crippen LogP contribution is -2.29. The molecule has 0 bridgehead atoms. The van der Waals surface area contributed by atoms with Crippen molar-refractivity contribution < 1.29 is 0 Å². The molecule has 3 nitrogen and oxygen atoms in total. The number of rotatable bonds is 4. The van der Waals surface area contributed by atoms with Gasteiger partial charge in [-0.05, 0) is 44.1 Å². The first-order valence-electron chi connectivity index (χ1n) is 8.60. The standard InChI is InChI=1S/C17H29N3/c1-2-14-6-8-15(9-7-14)12-20-13-18-11-17(20)16-5-3-4-10-19-16/h11,13-16,19H,2-10,12H2,1H3. The van der Waals surface area contributed by atoms with Gasteiger partial charge in [-0.15, -0.1) is 0 Å². The maximum atomic E-state index is 4.42. The predicted octanol–water partition coefficient (Wildman–Crippen LogP) is 3.91. The smallest absolute Gasteiger partial charge is 0.0948 e. The summed E-state index contributed by atoms with van der Waals surface area (Å²) >= 11 is 0. The van der Waals surface area contributed by atoms with Crippen molar-refractivity contribution in [2.75, 3.05) is 6.54 Å². The lowest BCUT2D eigenvalue weighted by atomic mass is 9.81. The van der Waals surface area contributed by atoms with Crippen LogP contribution in [0, 0.1) is 11.8 Å². The molecular weight excluding hydrogens is 246 g/mol. The van der Waals surface area contributed by atoms with Crippen LogP contribution in [0.15, 0.2) is 12.5 Å². The van der Waals surface area contributed by atoms with Gasteiger partial charge in [0.1, 0.15) is 0 Å². The van der Waals surface area contributed by atoms with Crippen molar-refractivity contribution in [3.05, 3.63) is 18.2 Å². The molecule has 0 spiro atoms. The Labute approximate surface area is 123 Å². The third-order valence-electron chi connectivity index (χ3n) is 5.41. The Bertz CT molecular complexity index is 398. The van der Waals surface area contributed by atoms with Crippen LogP contribution < -0.4 is 5.32 Å². The normalized spacial score (nSPS) is 31.4. The van der Waals surface area contributed by atoms with Crippen LogP contribution in [0.1, 0.15) is 70.0 Å². The zero-order valence-electron chi connectivity index (χ0n) is 12.9. The lowest BCUT2D eigenvalue weighted by Gasteiger charge is -2.30. The van der Waals surface area contributed by atoms with Gasteiger partial charge in [-0.3, -0.25) is 0 Å². The summed E-state index contributed by atoms with van der Waals surface area (Å²) in [6.45, 7) is 4.69. The SMILES string of the molecule is CCC1CCC(Cn2cncc2C2CCCCN2)CC1. The van der Waals surface area contributed by atoms with E-state index < -0.39 is 0 Å². The van der Waals surface area contributed by atoms with Crippen LogP contribution in [0.2, 0.25) is 0 Å². The maximum Gasteiger partial charge on any atom is 0.0948 e. The van der Waals surface area contributed by atoms with Crippen molar-refractivity contribution >= 4 is 0 Å². The van der Waals surface area contributed by atoms with Crippen molar-refractivity contribution in [3.63, 3.8) is 0 Å². The van der Waals surface area contributed by atoms with Gasteiger partial charge >= 0.3 is 0 Å². The molecule has 1 saturated heterocycles. The van der Waals surface area contributed by atoms with Gasteiger partial charge < -0.3 is 9.88 Å². The highest BCUT2D eigenvalue weighted by Crippen LogP contribution is 2.32. The summed E-state index contributed by atoms with van der Waals surface area (Å²) in [7, 11) is 0. The maximum absolute atomic E-state index is 4.42. The minimum absolute atomic E-state index is 0.540. The summed E-state index contributed by atoms with van der Waals surface area (Å²) in [4.78, 5) is 4.42. The summed E-state index contributed by atoms with van der Waals surface area (Å²) in [5, 5.41) is 3.65. The third-order valence-corrected chi connectivity index (χ3v) is 5.41. The second-order valence-electron chi connectivity index (χ2n) is 6.77. The van der Waals surface area contributed by atoms with Crippen molar-refractivity contribution in [2.24, 2.45) is 11.8 Å². The topological polar surface area (TPSA) is 29.9 Å². The van der Waals surface area contributed by atoms with E-state index in [4.69, 9.17) is 0 Å². The monoisotopic (exact) mass is 275 g/mol. The van der Waals surface area contributed by atoms with Crippen LogP contribution in [0.5, 0.6) is 0 Å². The quantitative estimate of drug-likeness (QED) is 0.902. The second-order valence-corrected chi connectivity index (χ2v) is 6.77. The summed E-state index contributed by atoms with van der Waals surface area (Å²) < 4.78 is 2.43. The van der Waals surface area contributed by atoms with Gasteiger partial charge in [0.2, 0.25) is 0 Å². The Morgan fingerprint density at radius 2 is 1.95 bits per heavy atom. The Hall–Kier alpha value is -0.830. The Morgan fingerprint density at radius 3 is 2.65 bits per heavy atom.